The number of fused-ring (bicyclic) bond motifs is 1. The van der Waals surface area contributed by atoms with Crippen molar-refractivity contribution in [2.24, 2.45) is 0 Å². The van der Waals surface area contributed by atoms with E-state index in [1.807, 2.05) is 56.3 Å². The smallest absolute Gasteiger partial charge is 0.269 e. The largest absolute Gasteiger partial charge is 0.482 e. The summed E-state index contributed by atoms with van der Waals surface area (Å²) in [6.07, 6.45) is -1.15. The van der Waals surface area contributed by atoms with Crippen LogP contribution in [0.3, 0.4) is 0 Å². The molecule has 2 amide bonds. The molecule has 1 heterocycles. The van der Waals surface area contributed by atoms with Gasteiger partial charge in [-0.1, -0.05) is 24.3 Å². The minimum Gasteiger partial charge on any atom is -0.482 e. The van der Waals surface area contributed by atoms with Crippen LogP contribution in [0.4, 0.5) is 5.69 Å². The van der Waals surface area contributed by atoms with Gasteiger partial charge in [-0.25, -0.2) is 0 Å². The Morgan fingerprint density at radius 1 is 1.07 bits per heavy atom. The first-order valence-corrected chi connectivity index (χ1v) is 9.05. The van der Waals surface area contributed by atoms with E-state index in [9.17, 15) is 9.59 Å². The van der Waals surface area contributed by atoms with Crippen LogP contribution in [-0.2, 0) is 16.1 Å². The maximum Gasteiger partial charge on any atom is 0.269 e. The number of nitrogens with one attached hydrogen (secondary N) is 1. The molecule has 0 bridgehead atoms. The quantitative estimate of drug-likeness (QED) is 0.880. The van der Waals surface area contributed by atoms with Gasteiger partial charge in [0, 0.05) is 25.7 Å². The van der Waals surface area contributed by atoms with Crippen molar-refractivity contribution in [3.05, 3.63) is 54.1 Å². The predicted octanol–water partition coefficient (Wildman–Crippen LogP) is 3.22. The molecule has 6 heteroatoms. The summed E-state index contributed by atoms with van der Waals surface area (Å²) < 4.78 is 11.6. The van der Waals surface area contributed by atoms with Crippen molar-refractivity contribution in [3.8, 4) is 11.5 Å². The highest BCUT2D eigenvalue weighted by molar-refractivity contribution is 5.95. The van der Waals surface area contributed by atoms with Crippen molar-refractivity contribution >= 4 is 17.5 Å². The van der Waals surface area contributed by atoms with E-state index in [1.54, 1.807) is 17.9 Å². The highest BCUT2D eigenvalue weighted by Crippen LogP contribution is 2.33. The van der Waals surface area contributed by atoms with E-state index in [0.717, 1.165) is 5.56 Å². The summed E-state index contributed by atoms with van der Waals surface area (Å²) in [5.74, 6) is 0.949. The summed E-state index contributed by atoms with van der Waals surface area (Å²) in [6.45, 7) is 6.43. The Kier molecular flexibility index (Phi) is 5.64. The molecule has 0 saturated carbocycles. The fourth-order valence-electron chi connectivity index (χ4n) is 3.03. The van der Waals surface area contributed by atoms with Gasteiger partial charge < -0.3 is 19.7 Å². The number of hydrogen-bond acceptors (Lipinski definition) is 4. The molecular weight excluding hydrogens is 344 g/mol. The number of carbonyl (C=O) groups is 2. The Morgan fingerprint density at radius 3 is 2.44 bits per heavy atom. The molecular formula is C21H24N2O4. The number of hydrogen-bond donors (Lipinski definition) is 1. The van der Waals surface area contributed by atoms with E-state index in [2.05, 4.69) is 5.32 Å². The number of nitrogens with zero attached hydrogens (tertiary/aromatic N) is 1. The third kappa shape index (κ3) is 4.39. The van der Waals surface area contributed by atoms with Gasteiger partial charge in [-0.3, -0.25) is 9.59 Å². The summed E-state index contributed by atoms with van der Waals surface area (Å²) in [5.41, 5.74) is 1.61. The molecule has 2 aromatic carbocycles. The highest BCUT2D eigenvalue weighted by atomic mass is 16.6. The van der Waals surface area contributed by atoms with Crippen molar-refractivity contribution in [1.29, 1.82) is 0 Å². The molecule has 1 N–H and O–H groups in total. The van der Waals surface area contributed by atoms with Crippen LogP contribution in [0.25, 0.3) is 0 Å². The van der Waals surface area contributed by atoms with Crippen LogP contribution < -0.4 is 14.8 Å². The number of amides is 2. The van der Waals surface area contributed by atoms with E-state index < -0.39 is 12.2 Å². The van der Waals surface area contributed by atoms with Crippen LogP contribution in [0.5, 0.6) is 11.5 Å². The summed E-state index contributed by atoms with van der Waals surface area (Å²) in [6, 6.07) is 14.8. The lowest BCUT2D eigenvalue weighted by atomic mass is 10.1. The summed E-state index contributed by atoms with van der Waals surface area (Å²) in [7, 11) is 0. The molecule has 27 heavy (non-hydrogen) atoms. The molecule has 0 saturated heterocycles. The van der Waals surface area contributed by atoms with Gasteiger partial charge in [0.1, 0.15) is 6.10 Å². The van der Waals surface area contributed by atoms with E-state index in [0.29, 0.717) is 30.3 Å². The lowest BCUT2D eigenvalue weighted by Gasteiger charge is -2.31. The van der Waals surface area contributed by atoms with Crippen molar-refractivity contribution in [2.45, 2.75) is 39.5 Å². The first-order valence-electron chi connectivity index (χ1n) is 9.05. The third-order valence-corrected chi connectivity index (χ3v) is 4.50. The molecule has 0 spiro atoms. The molecule has 142 valence electrons. The standard InChI is InChI=1S/C21H24N2O4/c1-4-23(15(3)24)13-16-8-7-9-17(12-16)22-21(25)20-14(2)26-18-10-5-6-11-19(18)27-20/h5-12,14,20H,4,13H2,1-3H3,(H,22,25). The average Bonchev–Trinajstić information content (AvgIpc) is 2.65. The first kappa shape index (κ1) is 18.8. The number of para-hydroxylation sites is 2. The monoisotopic (exact) mass is 368 g/mol. The van der Waals surface area contributed by atoms with E-state index in [-0.39, 0.29) is 11.8 Å². The topological polar surface area (TPSA) is 67.9 Å². The van der Waals surface area contributed by atoms with Gasteiger partial charge in [-0.15, -0.1) is 0 Å². The Balaban J connectivity index is 1.69. The van der Waals surface area contributed by atoms with E-state index in [4.69, 9.17) is 9.47 Å². The van der Waals surface area contributed by atoms with Gasteiger partial charge >= 0.3 is 0 Å². The van der Waals surface area contributed by atoms with Gasteiger partial charge in [0.15, 0.2) is 11.5 Å². The SMILES string of the molecule is CCN(Cc1cccc(NC(=O)C2Oc3ccccc3OC2C)c1)C(C)=O. The Labute approximate surface area is 159 Å². The summed E-state index contributed by atoms with van der Waals surface area (Å²) in [5, 5.41) is 2.89. The van der Waals surface area contributed by atoms with Crippen LogP contribution in [-0.4, -0.2) is 35.5 Å². The second-order valence-corrected chi connectivity index (χ2v) is 6.53. The molecule has 2 aromatic rings. The molecule has 0 aliphatic carbocycles. The van der Waals surface area contributed by atoms with Crippen molar-refractivity contribution in [2.75, 3.05) is 11.9 Å². The maximum atomic E-state index is 12.7. The van der Waals surface area contributed by atoms with Gasteiger partial charge in [-0.05, 0) is 43.7 Å². The molecule has 6 nitrogen and oxygen atoms in total. The molecule has 1 aliphatic rings. The molecule has 3 rings (SSSR count). The van der Waals surface area contributed by atoms with Gasteiger partial charge in [-0.2, -0.15) is 0 Å². The molecule has 2 unspecified atom stereocenters. The van der Waals surface area contributed by atoms with E-state index in [1.165, 1.54) is 0 Å². The second-order valence-electron chi connectivity index (χ2n) is 6.53. The summed E-state index contributed by atoms with van der Waals surface area (Å²) >= 11 is 0. The number of ether oxygens (including phenoxy) is 2. The fraction of sp³-hybridized carbons (Fsp3) is 0.333. The maximum absolute atomic E-state index is 12.7. The van der Waals surface area contributed by atoms with Crippen molar-refractivity contribution in [3.63, 3.8) is 0 Å². The highest BCUT2D eigenvalue weighted by Gasteiger charge is 2.34. The van der Waals surface area contributed by atoms with Crippen molar-refractivity contribution in [1.82, 2.24) is 4.90 Å². The average molecular weight is 368 g/mol. The zero-order valence-electron chi connectivity index (χ0n) is 15.8. The molecule has 1 aliphatic heterocycles. The van der Waals surface area contributed by atoms with Gasteiger partial charge in [0.25, 0.3) is 5.91 Å². The lowest BCUT2D eigenvalue weighted by molar-refractivity contribution is -0.129. The molecule has 0 fully saturated rings. The van der Waals surface area contributed by atoms with Crippen LogP contribution in [0.1, 0.15) is 26.3 Å². The first-order chi connectivity index (χ1) is 13.0. The Bertz CT molecular complexity index is 836. The fourth-order valence-corrected chi connectivity index (χ4v) is 3.03. The zero-order chi connectivity index (χ0) is 19.4. The lowest BCUT2D eigenvalue weighted by Crippen LogP contribution is -2.46. The molecule has 0 radical (unpaired) electrons. The van der Waals surface area contributed by atoms with Crippen LogP contribution in [0.15, 0.2) is 48.5 Å². The minimum atomic E-state index is -0.743. The van der Waals surface area contributed by atoms with Crippen LogP contribution in [0, 0.1) is 0 Å². The normalized spacial score (nSPS) is 17.9. The zero-order valence-corrected chi connectivity index (χ0v) is 15.8. The Morgan fingerprint density at radius 2 is 1.78 bits per heavy atom. The van der Waals surface area contributed by atoms with Gasteiger partial charge in [0.05, 0.1) is 0 Å². The number of anilines is 1. The van der Waals surface area contributed by atoms with E-state index >= 15 is 0 Å². The van der Waals surface area contributed by atoms with Gasteiger partial charge in [0.2, 0.25) is 12.0 Å². The third-order valence-electron chi connectivity index (χ3n) is 4.50. The second kappa shape index (κ2) is 8.12. The molecule has 0 aromatic heterocycles. The minimum absolute atomic E-state index is 0.0205. The predicted molar refractivity (Wildman–Crippen MR) is 103 cm³/mol. The number of rotatable bonds is 5. The van der Waals surface area contributed by atoms with Crippen LogP contribution in [0.2, 0.25) is 0 Å². The van der Waals surface area contributed by atoms with Crippen LogP contribution >= 0.6 is 0 Å². The Hall–Kier alpha value is -3.02. The number of benzene rings is 2. The van der Waals surface area contributed by atoms with Crippen molar-refractivity contribution < 1.29 is 19.1 Å². The molecule has 2 atom stereocenters. The summed E-state index contributed by atoms with van der Waals surface area (Å²) in [4.78, 5) is 26.1. The number of carbonyl (C=O) groups excluding carboxylic acids is 2.